The first-order chi connectivity index (χ1) is 8.71. The van der Waals surface area contributed by atoms with Crippen LogP contribution in [0.5, 0.6) is 0 Å². The maximum atomic E-state index is 12.0. The zero-order valence-electron chi connectivity index (χ0n) is 11.2. The number of hydrogen-bond donors (Lipinski definition) is 0. The van der Waals surface area contributed by atoms with Crippen molar-refractivity contribution in [3.05, 3.63) is 28.2 Å². The van der Waals surface area contributed by atoms with Crippen LogP contribution < -0.4 is 5.56 Å². The van der Waals surface area contributed by atoms with E-state index in [1.54, 1.807) is 6.92 Å². The van der Waals surface area contributed by atoms with Gasteiger partial charge in [0.05, 0.1) is 0 Å². The van der Waals surface area contributed by atoms with Gasteiger partial charge in [0.2, 0.25) is 15.0 Å². The molecule has 0 aliphatic carbocycles. The van der Waals surface area contributed by atoms with E-state index in [1.807, 2.05) is 13.8 Å². The number of sulfone groups is 1. The lowest BCUT2D eigenvalue weighted by Gasteiger charge is -2.14. The number of aromatic nitrogens is 3. The van der Waals surface area contributed by atoms with Gasteiger partial charge in [-0.3, -0.25) is 9.36 Å². The standard InChI is InChI=1S/C12H15N3O3S/c1-7(2)15-10(16)5-8(3)9-6-13-12(14-11(9)15)19(4,17)18/h5-7H,1-4H3. The fourth-order valence-corrected chi connectivity index (χ4v) is 2.43. The van der Waals surface area contributed by atoms with Gasteiger partial charge in [0, 0.05) is 29.9 Å². The van der Waals surface area contributed by atoms with E-state index in [2.05, 4.69) is 9.97 Å². The highest BCUT2D eigenvalue weighted by atomic mass is 32.2. The molecule has 0 fully saturated rings. The summed E-state index contributed by atoms with van der Waals surface area (Å²) in [5, 5.41) is 0.417. The van der Waals surface area contributed by atoms with E-state index >= 15 is 0 Å². The van der Waals surface area contributed by atoms with Crippen LogP contribution in [0.2, 0.25) is 0 Å². The quantitative estimate of drug-likeness (QED) is 0.769. The van der Waals surface area contributed by atoms with Gasteiger partial charge >= 0.3 is 0 Å². The smallest absolute Gasteiger partial charge is 0.252 e. The lowest BCUT2D eigenvalue weighted by Crippen LogP contribution is -2.23. The Morgan fingerprint density at radius 2 is 1.95 bits per heavy atom. The van der Waals surface area contributed by atoms with E-state index in [0.717, 1.165) is 11.8 Å². The van der Waals surface area contributed by atoms with Crippen molar-refractivity contribution < 1.29 is 8.42 Å². The first kappa shape index (κ1) is 13.7. The maximum absolute atomic E-state index is 12.0. The van der Waals surface area contributed by atoms with Crippen LogP contribution in [0, 0.1) is 6.92 Å². The van der Waals surface area contributed by atoms with Gasteiger partial charge in [0.1, 0.15) is 5.65 Å². The van der Waals surface area contributed by atoms with Crippen molar-refractivity contribution in [3.8, 4) is 0 Å². The molecule has 102 valence electrons. The summed E-state index contributed by atoms with van der Waals surface area (Å²) in [6.45, 7) is 5.47. The highest BCUT2D eigenvalue weighted by molar-refractivity contribution is 7.90. The summed E-state index contributed by atoms with van der Waals surface area (Å²) in [4.78, 5) is 19.9. The van der Waals surface area contributed by atoms with Gasteiger partial charge in [-0.05, 0) is 26.3 Å². The van der Waals surface area contributed by atoms with Crippen LogP contribution in [-0.2, 0) is 9.84 Å². The Balaban J connectivity index is 2.98. The van der Waals surface area contributed by atoms with Crippen LogP contribution in [0.1, 0.15) is 25.5 Å². The molecule has 2 heterocycles. The molecule has 0 radical (unpaired) electrons. The number of nitrogens with zero attached hydrogens (tertiary/aromatic N) is 3. The van der Waals surface area contributed by atoms with E-state index in [0.29, 0.717) is 11.0 Å². The van der Waals surface area contributed by atoms with Crippen molar-refractivity contribution in [1.82, 2.24) is 14.5 Å². The fraction of sp³-hybridized carbons (Fsp3) is 0.417. The summed E-state index contributed by atoms with van der Waals surface area (Å²) in [6, 6.07) is 1.39. The van der Waals surface area contributed by atoms with Gasteiger partial charge in [0.25, 0.3) is 5.56 Å². The monoisotopic (exact) mass is 281 g/mol. The third kappa shape index (κ3) is 2.37. The SMILES string of the molecule is Cc1cc(=O)n(C(C)C)c2nc(S(C)(=O)=O)ncc12. The molecule has 0 atom stereocenters. The van der Waals surface area contributed by atoms with Crippen molar-refractivity contribution in [3.63, 3.8) is 0 Å². The lowest BCUT2D eigenvalue weighted by atomic mass is 10.2. The molecule has 2 aromatic rings. The number of pyridine rings is 1. The number of aryl methyl sites for hydroxylation is 1. The Morgan fingerprint density at radius 3 is 2.47 bits per heavy atom. The van der Waals surface area contributed by atoms with E-state index < -0.39 is 9.84 Å². The molecule has 0 bridgehead atoms. The second-order valence-corrected chi connectivity index (χ2v) is 6.70. The third-order valence-corrected chi connectivity index (χ3v) is 3.69. The molecule has 19 heavy (non-hydrogen) atoms. The predicted molar refractivity (Wildman–Crippen MR) is 72.0 cm³/mol. The van der Waals surface area contributed by atoms with Crippen LogP contribution in [0.4, 0.5) is 0 Å². The zero-order chi connectivity index (χ0) is 14.4. The average molecular weight is 281 g/mol. The Kier molecular flexibility index (Phi) is 3.17. The molecule has 0 aromatic carbocycles. The highest BCUT2D eigenvalue weighted by Crippen LogP contribution is 2.17. The summed E-state index contributed by atoms with van der Waals surface area (Å²) < 4.78 is 24.5. The molecule has 0 N–H and O–H groups in total. The summed E-state index contributed by atoms with van der Waals surface area (Å²) in [5.41, 5.74) is 0.894. The molecule has 0 saturated heterocycles. The first-order valence-corrected chi connectivity index (χ1v) is 7.70. The van der Waals surface area contributed by atoms with Crippen LogP contribution in [0.15, 0.2) is 22.2 Å². The molecule has 0 amide bonds. The van der Waals surface area contributed by atoms with Gasteiger partial charge in [-0.2, -0.15) is 4.98 Å². The molecular formula is C12H15N3O3S. The molecule has 2 aromatic heterocycles. The van der Waals surface area contributed by atoms with Gasteiger partial charge < -0.3 is 0 Å². The molecule has 6 nitrogen and oxygen atoms in total. The predicted octanol–water partition coefficient (Wildman–Crippen LogP) is 1.08. The minimum absolute atomic E-state index is 0.113. The van der Waals surface area contributed by atoms with Crippen LogP contribution in [-0.4, -0.2) is 29.2 Å². The summed E-state index contributed by atoms with van der Waals surface area (Å²) in [7, 11) is -3.50. The molecule has 7 heteroatoms. The van der Waals surface area contributed by atoms with Crippen LogP contribution >= 0.6 is 0 Å². The summed E-state index contributed by atoms with van der Waals surface area (Å²) >= 11 is 0. The van der Waals surface area contributed by atoms with Crippen molar-refractivity contribution in [2.24, 2.45) is 0 Å². The van der Waals surface area contributed by atoms with E-state index in [4.69, 9.17) is 0 Å². The molecule has 0 spiro atoms. The Bertz CT molecular complexity index is 807. The normalized spacial score (nSPS) is 12.3. The first-order valence-electron chi connectivity index (χ1n) is 5.80. The number of rotatable bonds is 2. The molecule has 2 rings (SSSR count). The van der Waals surface area contributed by atoms with Gasteiger partial charge in [-0.15, -0.1) is 0 Å². The van der Waals surface area contributed by atoms with Crippen LogP contribution in [0.3, 0.4) is 0 Å². The lowest BCUT2D eigenvalue weighted by molar-refractivity contribution is 0.581. The van der Waals surface area contributed by atoms with E-state index in [1.165, 1.54) is 16.8 Å². The topological polar surface area (TPSA) is 81.9 Å². The van der Waals surface area contributed by atoms with E-state index in [9.17, 15) is 13.2 Å². The largest absolute Gasteiger partial charge is 0.290 e. The second kappa shape index (κ2) is 4.41. The van der Waals surface area contributed by atoms with Crippen molar-refractivity contribution in [1.29, 1.82) is 0 Å². The average Bonchev–Trinajstić information content (AvgIpc) is 2.26. The fourth-order valence-electron chi connectivity index (χ4n) is 1.93. The Morgan fingerprint density at radius 1 is 1.32 bits per heavy atom. The summed E-state index contributed by atoms with van der Waals surface area (Å²) in [5.74, 6) is 0. The second-order valence-electron chi connectivity index (χ2n) is 4.79. The molecule has 0 unspecified atom stereocenters. The highest BCUT2D eigenvalue weighted by Gasteiger charge is 2.16. The van der Waals surface area contributed by atoms with Crippen LogP contribution in [0.25, 0.3) is 11.0 Å². The Labute approximate surface area is 111 Å². The zero-order valence-corrected chi connectivity index (χ0v) is 12.0. The third-order valence-electron chi connectivity index (χ3n) is 2.83. The van der Waals surface area contributed by atoms with Crippen molar-refractivity contribution in [2.45, 2.75) is 32.0 Å². The molecular weight excluding hydrogens is 266 g/mol. The van der Waals surface area contributed by atoms with Crippen molar-refractivity contribution in [2.75, 3.05) is 6.26 Å². The number of hydrogen-bond acceptors (Lipinski definition) is 5. The van der Waals surface area contributed by atoms with Crippen molar-refractivity contribution >= 4 is 20.9 Å². The molecule has 0 saturated carbocycles. The van der Waals surface area contributed by atoms with Gasteiger partial charge in [0.15, 0.2) is 0 Å². The number of fused-ring (bicyclic) bond motifs is 1. The molecule has 0 aliphatic heterocycles. The minimum atomic E-state index is -3.50. The summed E-state index contributed by atoms with van der Waals surface area (Å²) in [6.07, 6.45) is 2.49. The Hall–Kier alpha value is -1.76. The van der Waals surface area contributed by atoms with E-state index in [-0.39, 0.29) is 16.8 Å². The van der Waals surface area contributed by atoms with Gasteiger partial charge in [-0.25, -0.2) is 13.4 Å². The molecule has 0 aliphatic rings. The minimum Gasteiger partial charge on any atom is -0.290 e. The maximum Gasteiger partial charge on any atom is 0.252 e. The van der Waals surface area contributed by atoms with Gasteiger partial charge in [-0.1, -0.05) is 0 Å².